The van der Waals surface area contributed by atoms with Crippen LogP contribution in [0.2, 0.25) is 20.1 Å². The molecule has 10 aliphatic carbocycles. The lowest BCUT2D eigenvalue weighted by molar-refractivity contribution is -0.0418. The lowest BCUT2D eigenvalue weighted by Gasteiger charge is -2.62. The van der Waals surface area contributed by atoms with Gasteiger partial charge in [-0.25, -0.2) is 0 Å². The lowest BCUT2D eigenvalue weighted by atomic mass is 9.42. The molecule has 6 atom stereocenters. The van der Waals surface area contributed by atoms with Gasteiger partial charge in [0.05, 0.1) is 38.0 Å². The fourth-order valence-corrected chi connectivity index (χ4v) is 29.8. The third-order valence-corrected chi connectivity index (χ3v) is 36.9. The first kappa shape index (κ1) is 104. The summed E-state index contributed by atoms with van der Waals surface area (Å²) in [5.41, 5.74) is 13.5. The number of benzene rings is 14. The molecule has 143 heavy (non-hydrogen) atoms. The van der Waals surface area contributed by atoms with Crippen LogP contribution in [-0.4, -0.2) is 71.5 Å². The third kappa shape index (κ3) is 21.2. The molecule has 14 N–H and O–H groups in total. The Kier molecular flexibility index (Phi) is 31.3. The number of aromatic hydroxyl groups is 14. The summed E-state index contributed by atoms with van der Waals surface area (Å²) in [6.07, 6.45) is 24.6. The van der Waals surface area contributed by atoms with Gasteiger partial charge >= 0.3 is 0 Å². The Morgan fingerprint density at radius 3 is 0.874 bits per heavy atom. The van der Waals surface area contributed by atoms with Crippen LogP contribution in [-0.2, 0) is 32.5 Å². The first-order valence-electron chi connectivity index (χ1n) is 49.3. The molecule has 0 spiro atoms. The SMILES string of the molecule is CC(C)(c1cc(Br)c(O)c(Br)c1)c1cc(Br)c(O)c(Br)c1.CC(C)(c1cc(Cl)c(O)c(Cl)c1)c1cc(Cl)c(O)c(Cl)c1.Oc1ccc(C2(c3ccc(O)cc3)C3CC4CC(C3)CC2C4)cc1.Oc1ccc(C2(c3ccc(O)cc3)CC3CC2C2CCCC32)cc1.Oc1ccc(C2(c3ccc(O)cc3)CC3CCC2C3)cc1.Oc1ccc(C2(c3ccc(O)cc3)CCCCC2)cc1.Oc1ccc2cc(O)ccc2c1. The van der Waals surface area contributed by atoms with Gasteiger partial charge in [-0.2, -0.15) is 0 Å². The molecule has 6 unspecified atom stereocenters. The number of rotatable bonds is 12. The maximum absolute atomic E-state index is 9.85. The normalized spacial score (nSPS) is 21.7. The van der Waals surface area contributed by atoms with E-state index in [1.165, 1.54) is 154 Å². The van der Waals surface area contributed by atoms with E-state index in [-0.39, 0.29) is 81.7 Å². The van der Waals surface area contributed by atoms with E-state index >= 15 is 0 Å². The Labute approximate surface area is 890 Å². The number of phenolic OH excluding ortho intramolecular Hbond substituents is 14. The summed E-state index contributed by atoms with van der Waals surface area (Å²) >= 11 is 37.4. The Balaban J connectivity index is 0.000000115. The van der Waals surface area contributed by atoms with Crippen LogP contribution in [0.15, 0.2) is 297 Å². The number of hydrogen-bond acceptors (Lipinski definition) is 14. The van der Waals surface area contributed by atoms with Crippen LogP contribution in [0, 0.1) is 59.2 Å². The second kappa shape index (κ2) is 43.0. The molecule has 24 rings (SSSR count). The van der Waals surface area contributed by atoms with E-state index in [0.717, 1.165) is 81.4 Å². The van der Waals surface area contributed by atoms with Gasteiger partial charge in [-0.1, -0.05) is 215 Å². The van der Waals surface area contributed by atoms with Crippen molar-refractivity contribution in [3.63, 3.8) is 0 Å². The topological polar surface area (TPSA) is 283 Å². The summed E-state index contributed by atoms with van der Waals surface area (Å²) in [6.45, 7) is 8.04. The van der Waals surface area contributed by atoms with Crippen LogP contribution < -0.4 is 0 Å². The van der Waals surface area contributed by atoms with Crippen molar-refractivity contribution in [3.05, 3.63) is 384 Å². The highest BCUT2D eigenvalue weighted by molar-refractivity contribution is 9.11. The summed E-state index contributed by atoms with van der Waals surface area (Å²) in [5, 5.41) is 137. The summed E-state index contributed by atoms with van der Waals surface area (Å²) in [6, 6.07) is 86.5. The van der Waals surface area contributed by atoms with Gasteiger partial charge in [-0.15, -0.1) is 0 Å². The molecular formula is C121H120Br4Cl4O14. The number of fused-ring (bicyclic) bond motifs is 8. The van der Waals surface area contributed by atoms with Gasteiger partial charge in [0.25, 0.3) is 0 Å². The van der Waals surface area contributed by atoms with E-state index in [4.69, 9.17) is 56.6 Å². The Bertz CT molecular complexity index is 6270. The Morgan fingerprint density at radius 2 is 0.552 bits per heavy atom. The minimum atomic E-state index is -0.526. The zero-order valence-electron chi connectivity index (χ0n) is 80.1. The zero-order valence-corrected chi connectivity index (χ0v) is 89.4. The summed E-state index contributed by atoms with van der Waals surface area (Å²) in [4.78, 5) is 0. The molecule has 0 heterocycles. The van der Waals surface area contributed by atoms with E-state index in [0.29, 0.717) is 87.6 Å². The average molecular weight is 2260 g/mol. The molecule has 0 aliphatic heterocycles. The van der Waals surface area contributed by atoms with Crippen LogP contribution in [0.5, 0.6) is 80.5 Å². The summed E-state index contributed by atoms with van der Waals surface area (Å²) in [5.74, 6) is 11.2. The molecule has 744 valence electrons. The average Bonchev–Trinajstić information content (AvgIpc) is 1.32. The van der Waals surface area contributed by atoms with Gasteiger partial charge in [0, 0.05) is 32.5 Å². The molecule has 0 amide bonds. The highest BCUT2D eigenvalue weighted by Gasteiger charge is 2.63. The standard InChI is InChI=1S/2C22H24O2.C19H20O2.C18H20O2.C15H12Br4O2.C15H12Cl4O2.C10H8O2/c23-20-5-1-16(2-6-20)22(17-3-7-21(24)8-4-17)18-10-14-9-15(12-18)13-19(22)11-14;23-17-8-4-15(5-9-17)22(16-6-10-18(24)11-7-16)13-14-12-21(22)20-3-1-2-19(14)20;20-17-7-3-14(4-8-17)19(12-13-1-2-16(19)11-13)15-5-9-18(21)10-6-15;19-16-8-4-14(5-9-16)18(12-2-1-3-13-18)15-6-10-17(20)11-7-15;2*1-15(2,7-3-9(16)13(20)10(17)4-7)8-5-11(18)14(21)12(19)6-8;11-9-3-1-7-5-10(12)4-2-8(7)6-9/h1-8,14-15,18-19,23-24H,9-13H2;4-11,14,19-21,23-24H,1-3,12-13H2;3-10,13,16,20-21H,1-2,11-12H2;4-11,19-20H,1-3,12-13H2;2*3-6,20-21H,1-2H3;1-6,11-12H. The predicted molar refractivity (Wildman–Crippen MR) is 585 cm³/mol. The second-order valence-electron chi connectivity index (χ2n) is 41.9. The Hall–Kier alpha value is -10.4. The molecule has 14 nitrogen and oxygen atoms in total. The maximum atomic E-state index is 9.85. The van der Waals surface area contributed by atoms with Crippen molar-refractivity contribution in [3.8, 4) is 80.5 Å². The predicted octanol–water partition coefficient (Wildman–Crippen LogP) is 33.0. The van der Waals surface area contributed by atoms with Crippen molar-refractivity contribution in [1.29, 1.82) is 0 Å². The molecule has 22 heteroatoms. The van der Waals surface area contributed by atoms with Crippen LogP contribution in [0.4, 0.5) is 0 Å². The first-order valence-corrected chi connectivity index (χ1v) is 54.0. The van der Waals surface area contributed by atoms with Crippen molar-refractivity contribution in [2.45, 2.75) is 182 Å². The molecule has 10 aliphatic rings. The van der Waals surface area contributed by atoms with Gasteiger partial charge in [-0.3, -0.25) is 0 Å². The fraction of sp³-hybridized carbons (Fsp3) is 0.322. The second-order valence-corrected chi connectivity index (χ2v) is 46.9. The van der Waals surface area contributed by atoms with E-state index in [2.05, 4.69) is 150 Å². The van der Waals surface area contributed by atoms with Crippen molar-refractivity contribution in [2.24, 2.45) is 59.2 Å². The zero-order chi connectivity index (χ0) is 102. The molecule has 8 bridgehead atoms. The molecule has 14 aromatic carbocycles. The van der Waals surface area contributed by atoms with Crippen molar-refractivity contribution < 1.29 is 71.5 Å². The van der Waals surface area contributed by atoms with E-state index in [1.54, 1.807) is 109 Å². The van der Waals surface area contributed by atoms with E-state index in [1.807, 2.05) is 111 Å². The quantitative estimate of drug-likeness (QED) is 0.0542. The summed E-state index contributed by atoms with van der Waals surface area (Å²) < 4.78 is 2.54. The molecule has 0 radical (unpaired) electrons. The smallest absolute Gasteiger partial charge is 0.152 e. The highest BCUT2D eigenvalue weighted by Crippen LogP contribution is 2.70. The van der Waals surface area contributed by atoms with Gasteiger partial charge in [0.15, 0.2) is 11.5 Å². The van der Waals surface area contributed by atoms with Crippen LogP contribution in [0.3, 0.4) is 0 Å². The van der Waals surface area contributed by atoms with Gasteiger partial charge in [0.1, 0.15) is 69.0 Å². The molecular weight excluding hydrogens is 2140 g/mol. The number of halogens is 8. The minimum absolute atomic E-state index is 0.0274. The molecule has 14 aromatic rings. The molecule has 0 aromatic heterocycles. The van der Waals surface area contributed by atoms with Gasteiger partial charge in [-0.05, 0) is 460 Å². The maximum Gasteiger partial charge on any atom is 0.152 e. The summed E-state index contributed by atoms with van der Waals surface area (Å²) in [7, 11) is 0. The van der Waals surface area contributed by atoms with E-state index < -0.39 is 5.41 Å². The highest BCUT2D eigenvalue weighted by atomic mass is 79.9. The van der Waals surface area contributed by atoms with Crippen LogP contribution >= 0.6 is 110 Å². The third-order valence-electron chi connectivity index (χ3n) is 33.3. The molecule has 0 saturated heterocycles. The van der Waals surface area contributed by atoms with Crippen LogP contribution in [0.25, 0.3) is 10.8 Å². The molecule has 10 fully saturated rings. The Morgan fingerprint density at radius 1 is 0.259 bits per heavy atom. The van der Waals surface area contributed by atoms with Crippen molar-refractivity contribution in [2.75, 3.05) is 0 Å². The van der Waals surface area contributed by atoms with Crippen molar-refractivity contribution in [1.82, 2.24) is 0 Å². The largest absolute Gasteiger partial charge is 0.508 e. The van der Waals surface area contributed by atoms with Crippen LogP contribution in [0.1, 0.15) is 216 Å². The number of phenols is 14. The van der Waals surface area contributed by atoms with Gasteiger partial charge in [0.2, 0.25) is 0 Å². The fourth-order valence-electron chi connectivity index (χ4n) is 26.4. The molecule has 10 saturated carbocycles. The van der Waals surface area contributed by atoms with E-state index in [9.17, 15) is 61.3 Å². The monoisotopic (exact) mass is 2250 g/mol. The van der Waals surface area contributed by atoms with Gasteiger partial charge < -0.3 is 71.5 Å². The lowest BCUT2D eigenvalue weighted by Crippen LogP contribution is -2.56. The number of hydrogen-bond donors (Lipinski definition) is 14. The minimum Gasteiger partial charge on any atom is -0.508 e. The first-order chi connectivity index (χ1) is 68.3. The van der Waals surface area contributed by atoms with Crippen molar-refractivity contribution >= 4 is 121 Å².